The van der Waals surface area contributed by atoms with Crippen LogP contribution in [0.3, 0.4) is 0 Å². The number of benzene rings is 1. The van der Waals surface area contributed by atoms with Crippen molar-refractivity contribution in [3.63, 3.8) is 0 Å². The average Bonchev–Trinajstić information content (AvgIpc) is 2.74. The fourth-order valence-electron chi connectivity index (χ4n) is 2.39. The van der Waals surface area contributed by atoms with Gasteiger partial charge in [0.1, 0.15) is 6.10 Å². The molecule has 88 valence electrons. The summed E-state index contributed by atoms with van der Waals surface area (Å²) in [6.45, 7) is 0. The average molecular weight is 229 g/mol. The lowest BCUT2D eigenvalue weighted by molar-refractivity contribution is -0.163. The molecule has 3 heteroatoms. The zero-order valence-corrected chi connectivity index (χ0v) is 9.58. The highest BCUT2D eigenvalue weighted by Crippen LogP contribution is 2.27. The molecule has 1 amide bonds. The zero-order chi connectivity index (χ0) is 11.7. The van der Waals surface area contributed by atoms with Gasteiger partial charge >= 0.3 is 0 Å². The molecule has 1 fully saturated rings. The molecular formula is C14H15NO2. The summed E-state index contributed by atoms with van der Waals surface area (Å²) in [7, 11) is 0. The topological polar surface area (TPSA) is 29.5 Å². The fraction of sp³-hybridized carbons (Fsp3) is 0.357. The Bertz CT molecular complexity index is 441. The van der Waals surface area contributed by atoms with Crippen molar-refractivity contribution in [2.75, 3.05) is 0 Å². The van der Waals surface area contributed by atoms with Crippen molar-refractivity contribution >= 4 is 5.91 Å². The van der Waals surface area contributed by atoms with Crippen molar-refractivity contribution in [3.8, 4) is 0 Å². The molecule has 1 aliphatic carbocycles. The largest absolute Gasteiger partial charge is 0.278 e. The predicted octanol–water partition coefficient (Wildman–Crippen LogP) is 2.55. The SMILES string of the molecule is O=C(c1ccccc1)N1OC2C=CC1CCC2. The molecule has 4 rings (SSSR count). The van der Waals surface area contributed by atoms with Crippen molar-refractivity contribution in [1.29, 1.82) is 0 Å². The van der Waals surface area contributed by atoms with Crippen molar-refractivity contribution in [2.24, 2.45) is 0 Å². The molecule has 1 aromatic carbocycles. The van der Waals surface area contributed by atoms with Gasteiger partial charge in [0.15, 0.2) is 0 Å². The van der Waals surface area contributed by atoms with Crippen LogP contribution in [0.1, 0.15) is 29.6 Å². The summed E-state index contributed by atoms with van der Waals surface area (Å²) < 4.78 is 0. The molecule has 3 aliphatic rings. The third-order valence-electron chi connectivity index (χ3n) is 3.31. The van der Waals surface area contributed by atoms with Gasteiger partial charge in [-0.2, -0.15) is 0 Å². The lowest BCUT2D eigenvalue weighted by Crippen LogP contribution is -2.42. The maximum Gasteiger partial charge on any atom is 0.278 e. The van der Waals surface area contributed by atoms with Crippen LogP contribution in [0.4, 0.5) is 0 Å². The quantitative estimate of drug-likeness (QED) is 0.693. The number of carbonyl (C=O) groups excluding carboxylic acids is 1. The first-order valence-corrected chi connectivity index (χ1v) is 6.08. The standard InChI is InChI=1S/C14H15NO2/c16-14(11-5-2-1-3-6-11)15-12-7-4-8-13(17-15)10-9-12/h1-3,5-6,9-10,12-13H,4,7-8H2. The normalized spacial score (nSPS) is 26.9. The maximum absolute atomic E-state index is 12.3. The van der Waals surface area contributed by atoms with Gasteiger partial charge in [-0.25, -0.2) is 5.06 Å². The van der Waals surface area contributed by atoms with E-state index < -0.39 is 0 Å². The number of rotatable bonds is 1. The highest BCUT2D eigenvalue weighted by atomic mass is 16.7. The van der Waals surface area contributed by atoms with Crippen LogP contribution in [0.2, 0.25) is 0 Å². The number of fused-ring (bicyclic) bond motifs is 3. The van der Waals surface area contributed by atoms with Crippen LogP contribution in [0, 0.1) is 0 Å². The molecule has 0 N–H and O–H groups in total. The minimum atomic E-state index is -0.0353. The van der Waals surface area contributed by atoms with E-state index in [-0.39, 0.29) is 18.1 Å². The highest BCUT2D eigenvalue weighted by Gasteiger charge is 2.32. The molecule has 2 bridgehead atoms. The number of hydrogen-bond acceptors (Lipinski definition) is 2. The molecule has 2 unspecified atom stereocenters. The smallest absolute Gasteiger partial charge is 0.267 e. The van der Waals surface area contributed by atoms with Crippen LogP contribution >= 0.6 is 0 Å². The summed E-state index contributed by atoms with van der Waals surface area (Å²) in [4.78, 5) is 18.0. The maximum atomic E-state index is 12.3. The number of nitrogens with zero attached hydrogens (tertiary/aromatic N) is 1. The highest BCUT2D eigenvalue weighted by molar-refractivity contribution is 5.93. The Hall–Kier alpha value is -1.61. The summed E-state index contributed by atoms with van der Waals surface area (Å²) in [6.07, 6.45) is 7.35. The Morgan fingerprint density at radius 2 is 2.00 bits per heavy atom. The van der Waals surface area contributed by atoms with Gasteiger partial charge in [0.25, 0.3) is 5.91 Å². The fourth-order valence-corrected chi connectivity index (χ4v) is 2.39. The minimum Gasteiger partial charge on any atom is -0.267 e. The molecular weight excluding hydrogens is 214 g/mol. The summed E-state index contributed by atoms with van der Waals surface area (Å²) in [5.41, 5.74) is 0.688. The first-order chi connectivity index (χ1) is 8.34. The van der Waals surface area contributed by atoms with E-state index in [1.54, 1.807) is 5.06 Å². The van der Waals surface area contributed by atoms with Crippen molar-refractivity contribution in [2.45, 2.75) is 31.4 Å². The summed E-state index contributed by atoms with van der Waals surface area (Å²) in [6, 6.07) is 9.41. The van der Waals surface area contributed by atoms with Gasteiger partial charge in [0.05, 0.1) is 6.04 Å². The van der Waals surface area contributed by atoms with E-state index in [1.165, 1.54) is 0 Å². The van der Waals surface area contributed by atoms with Crippen molar-refractivity contribution in [1.82, 2.24) is 5.06 Å². The number of amides is 1. The van der Waals surface area contributed by atoms with E-state index >= 15 is 0 Å². The van der Waals surface area contributed by atoms with Gasteiger partial charge in [-0.1, -0.05) is 30.4 Å². The van der Waals surface area contributed by atoms with Crippen molar-refractivity contribution < 1.29 is 9.63 Å². The molecule has 1 aromatic rings. The van der Waals surface area contributed by atoms with Crippen LogP contribution in [0.5, 0.6) is 0 Å². The number of carbonyl (C=O) groups is 1. The number of hydrogen-bond donors (Lipinski definition) is 0. The summed E-state index contributed by atoms with van der Waals surface area (Å²) in [5.74, 6) is -0.0353. The Balaban J connectivity index is 1.86. The van der Waals surface area contributed by atoms with Crippen LogP contribution in [0.15, 0.2) is 42.5 Å². The Labute approximate surface area is 101 Å². The molecule has 2 aliphatic heterocycles. The van der Waals surface area contributed by atoms with Gasteiger partial charge in [-0.05, 0) is 31.4 Å². The summed E-state index contributed by atoms with van der Waals surface area (Å²) >= 11 is 0. The van der Waals surface area contributed by atoms with Gasteiger partial charge < -0.3 is 0 Å². The van der Waals surface area contributed by atoms with E-state index in [1.807, 2.05) is 30.3 Å². The second kappa shape index (κ2) is 4.34. The first-order valence-electron chi connectivity index (χ1n) is 6.08. The van der Waals surface area contributed by atoms with E-state index in [0.29, 0.717) is 5.56 Å². The molecule has 3 nitrogen and oxygen atoms in total. The lowest BCUT2D eigenvalue weighted by atomic mass is 10.1. The minimum absolute atomic E-state index is 0.0353. The van der Waals surface area contributed by atoms with E-state index in [0.717, 1.165) is 19.3 Å². The van der Waals surface area contributed by atoms with Crippen LogP contribution < -0.4 is 0 Å². The molecule has 17 heavy (non-hydrogen) atoms. The third-order valence-corrected chi connectivity index (χ3v) is 3.31. The van der Waals surface area contributed by atoms with Gasteiger partial charge in [-0.3, -0.25) is 9.63 Å². The monoisotopic (exact) mass is 229 g/mol. The van der Waals surface area contributed by atoms with Crippen molar-refractivity contribution in [3.05, 3.63) is 48.0 Å². The van der Waals surface area contributed by atoms with Gasteiger partial charge in [0.2, 0.25) is 0 Å². The molecule has 2 heterocycles. The van der Waals surface area contributed by atoms with Crippen LogP contribution in [-0.2, 0) is 4.84 Å². The first kappa shape index (κ1) is 10.5. The Morgan fingerprint density at radius 3 is 2.82 bits per heavy atom. The second-order valence-electron chi connectivity index (χ2n) is 4.52. The lowest BCUT2D eigenvalue weighted by Gasteiger charge is -2.31. The third kappa shape index (κ3) is 1.98. The predicted molar refractivity (Wildman–Crippen MR) is 64.3 cm³/mol. The Kier molecular flexibility index (Phi) is 2.69. The molecule has 0 radical (unpaired) electrons. The Morgan fingerprint density at radius 1 is 1.18 bits per heavy atom. The molecule has 0 aromatic heterocycles. The van der Waals surface area contributed by atoms with E-state index in [2.05, 4.69) is 12.2 Å². The van der Waals surface area contributed by atoms with Crippen LogP contribution in [0.25, 0.3) is 0 Å². The van der Waals surface area contributed by atoms with E-state index in [9.17, 15) is 4.79 Å². The van der Waals surface area contributed by atoms with Gasteiger partial charge in [-0.15, -0.1) is 0 Å². The zero-order valence-electron chi connectivity index (χ0n) is 9.58. The second-order valence-corrected chi connectivity index (χ2v) is 4.52. The molecule has 0 spiro atoms. The van der Waals surface area contributed by atoms with Gasteiger partial charge in [0, 0.05) is 5.56 Å². The number of hydroxylamine groups is 2. The summed E-state index contributed by atoms with van der Waals surface area (Å²) in [5, 5.41) is 1.55. The molecule has 2 atom stereocenters. The van der Waals surface area contributed by atoms with Crippen LogP contribution in [-0.4, -0.2) is 23.1 Å². The van der Waals surface area contributed by atoms with E-state index in [4.69, 9.17) is 4.84 Å². The molecule has 1 saturated heterocycles. The molecule has 0 saturated carbocycles.